The molecule has 0 bridgehead atoms. The molecular formula is C25H25N3O3. The van der Waals surface area contributed by atoms with Gasteiger partial charge in [-0.1, -0.05) is 31.0 Å². The molecule has 2 heterocycles. The van der Waals surface area contributed by atoms with Crippen LogP contribution in [0.3, 0.4) is 0 Å². The van der Waals surface area contributed by atoms with E-state index in [1.54, 1.807) is 19.2 Å². The molecule has 4 aromatic rings. The second-order valence-electron chi connectivity index (χ2n) is 7.83. The summed E-state index contributed by atoms with van der Waals surface area (Å²) in [6, 6.07) is 19.4. The molecular weight excluding hydrogens is 390 g/mol. The maximum Gasteiger partial charge on any atom is 0.160 e. The van der Waals surface area contributed by atoms with Gasteiger partial charge in [-0.3, -0.25) is 4.40 Å². The van der Waals surface area contributed by atoms with Crippen LogP contribution < -0.4 is 14.8 Å². The minimum absolute atomic E-state index is 0.0944. The molecule has 31 heavy (non-hydrogen) atoms. The van der Waals surface area contributed by atoms with Crippen LogP contribution >= 0.6 is 0 Å². The van der Waals surface area contributed by atoms with Gasteiger partial charge in [-0.2, -0.15) is 0 Å². The number of phenolic OH excluding ortho intramolecular Hbond substituents is 1. The van der Waals surface area contributed by atoms with E-state index in [2.05, 4.69) is 5.32 Å². The van der Waals surface area contributed by atoms with Gasteiger partial charge in [0.25, 0.3) is 0 Å². The fourth-order valence-electron chi connectivity index (χ4n) is 4.15. The number of hydrogen-bond acceptors (Lipinski definition) is 5. The molecule has 2 N–H and O–H groups in total. The van der Waals surface area contributed by atoms with Gasteiger partial charge >= 0.3 is 0 Å². The number of imidazole rings is 1. The summed E-state index contributed by atoms with van der Waals surface area (Å²) in [6.07, 6.45) is 6.70. The van der Waals surface area contributed by atoms with E-state index in [0.717, 1.165) is 47.1 Å². The monoisotopic (exact) mass is 415 g/mol. The molecule has 2 aromatic carbocycles. The number of phenols is 1. The Bertz CT molecular complexity index is 1200. The number of fused-ring (bicyclic) bond motifs is 1. The molecule has 5 rings (SSSR count). The van der Waals surface area contributed by atoms with Crippen LogP contribution in [0, 0.1) is 0 Å². The molecule has 6 heteroatoms. The van der Waals surface area contributed by atoms with E-state index in [9.17, 15) is 5.11 Å². The van der Waals surface area contributed by atoms with Gasteiger partial charge in [0.15, 0.2) is 11.5 Å². The van der Waals surface area contributed by atoms with Gasteiger partial charge in [0, 0.05) is 11.6 Å². The van der Waals surface area contributed by atoms with Gasteiger partial charge in [0.05, 0.1) is 13.3 Å². The number of rotatable bonds is 6. The summed E-state index contributed by atoms with van der Waals surface area (Å²) in [7, 11) is 1.54. The van der Waals surface area contributed by atoms with Crippen molar-refractivity contribution in [2.75, 3.05) is 12.4 Å². The van der Waals surface area contributed by atoms with E-state index < -0.39 is 0 Å². The van der Waals surface area contributed by atoms with Crippen LogP contribution in [0.4, 0.5) is 5.82 Å². The predicted octanol–water partition coefficient (Wildman–Crippen LogP) is 5.86. The fourth-order valence-corrected chi connectivity index (χ4v) is 4.15. The Morgan fingerprint density at radius 3 is 2.55 bits per heavy atom. The topological polar surface area (TPSA) is 68.0 Å². The second kappa shape index (κ2) is 8.22. The minimum atomic E-state index is 0.0944. The molecule has 158 valence electrons. The Morgan fingerprint density at radius 1 is 1.00 bits per heavy atom. The number of pyridine rings is 1. The van der Waals surface area contributed by atoms with Crippen molar-refractivity contribution >= 4 is 11.5 Å². The molecule has 1 fully saturated rings. The molecule has 0 amide bonds. The van der Waals surface area contributed by atoms with Crippen molar-refractivity contribution in [1.29, 1.82) is 0 Å². The first-order valence-electron chi connectivity index (χ1n) is 10.6. The molecule has 6 nitrogen and oxygen atoms in total. The Morgan fingerprint density at radius 2 is 1.81 bits per heavy atom. The van der Waals surface area contributed by atoms with E-state index in [-0.39, 0.29) is 5.75 Å². The molecule has 1 saturated carbocycles. The number of benzene rings is 2. The molecule has 0 aliphatic heterocycles. The number of aromatic hydroxyl groups is 1. The molecule has 0 saturated heterocycles. The molecule has 0 atom stereocenters. The van der Waals surface area contributed by atoms with E-state index in [1.807, 2.05) is 59.1 Å². The molecule has 2 aromatic heterocycles. The fraction of sp³-hybridized carbons (Fsp3) is 0.240. The number of nitrogens with one attached hydrogen (secondary N) is 1. The van der Waals surface area contributed by atoms with Crippen molar-refractivity contribution in [3.63, 3.8) is 0 Å². The lowest BCUT2D eigenvalue weighted by Gasteiger charge is -2.15. The number of anilines is 1. The van der Waals surface area contributed by atoms with Crippen molar-refractivity contribution in [3.05, 3.63) is 66.9 Å². The first-order chi connectivity index (χ1) is 15.2. The van der Waals surface area contributed by atoms with Crippen molar-refractivity contribution < 1.29 is 14.6 Å². The van der Waals surface area contributed by atoms with Gasteiger partial charge < -0.3 is 19.9 Å². The van der Waals surface area contributed by atoms with Crippen LogP contribution in [-0.4, -0.2) is 27.6 Å². The number of para-hydroxylation sites is 1. The van der Waals surface area contributed by atoms with Gasteiger partial charge in [-0.15, -0.1) is 0 Å². The van der Waals surface area contributed by atoms with Crippen molar-refractivity contribution in [1.82, 2.24) is 9.38 Å². The summed E-state index contributed by atoms with van der Waals surface area (Å²) in [6.45, 7) is 0. The van der Waals surface area contributed by atoms with Crippen molar-refractivity contribution in [2.24, 2.45) is 0 Å². The van der Waals surface area contributed by atoms with E-state index in [4.69, 9.17) is 14.5 Å². The highest BCUT2D eigenvalue weighted by molar-refractivity contribution is 5.78. The summed E-state index contributed by atoms with van der Waals surface area (Å²) >= 11 is 0. The summed E-state index contributed by atoms with van der Waals surface area (Å²) in [5, 5.41) is 14.0. The average molecular weight is 415 g/mol. The molecule has 1 aliphatic rings. The van der Waals surface area contributed by atoms with E-state index in [1.165, 1.54) is 12.8 Å². The Hall–Kier alpha value is -3.67. The largest absolute Gasteiger partial charge is 0.504 e. The zero-order valence-corrected chi connectivity index (χ0v) is 17.4. The maximum absolute atomic E-state index is 10.3. The first kappa shape index (κ1) is 19.3. The molecule has 1 aliphatic carbocycles. The normalized spacial score (nSPS) is 14.1. The summed E-state index contributed by atoms with van der Waals surface area (Å²) in [5.74, 6) is 2.96. The number of nitrogens with zero attached hydrogens (tertiary/aromatic N) is 2. The first-order valence-corrected chi connectivity index (χ1v) is 10.6. The van der Waals surface area contributed by atoms with E-state index in [0.29, 0.717) is 11.8 Å². The lowest BCUT2D eigenvalue weighted by molar-refractivity contribution is 0.373. The number of ether oxygens (including phenoxy) is 2. The van der Waals surface area contributed by atoms with Crippen LogP contribution in [-0.2, 0) is 0 Å². The third kappa shape index (κ3) is 3.89. The zero-order chi connectivity index (χ0) is 21.2. The minimum Gasteiger partial charge on any atom is -0.504 e. The van der Waals surface area contributed by atoms with Crippen LogP contribution in [0.1, 0.15) is 25.7 Å². The molecule has 0 radical (unpaired) electrons. The lowest BCUT2D eigenvalue weighted by Crippen LogP contribution is -2.16. The Kier molecular flexibility index (Phi) is 5.12. The van der Waals surface area contributed by atoms with Gasteiger partial charge in [0.2, 0.25) is 0 Å². The smallest absolute Gasteiger partial charge is 0.160 e. The lowest BCUT2D eigenvalue weighted by atomic mass is 10.1. The molecule has 0 unspecified atom stereocenters. The highest BCUT2D eigenvalue weighted by Crippen LogP contribution is 2.37. The Balaban J connectivity index is 1.59. The zero-order valence-electron chi connectivity index (χ0n) is 17.4. The maximum atomic E-state index is 10.3. The second-order valence-corrected chi connectivity index (χ2v) is 7.83. The van der Waals surface area contributed by atoms with Crippen molar-refractivity contribution in [2.45, 2.75) is 31.7 Å². The standard InChI is InChI=1S/C25H25N3O3/c1-30-22-13-11-17(15-21(22)29)24-25(26-18-7-5-6-8-18)28-16-20(12-14-23(28)27-24)31-19-9-3-2-4-10-19/h2-4,9-16,18,26,29H,5-8H2,1H3. The Labute approximate surface area is 181 Å². The quantitative estimate of drug-likeness (QED) is 0.413. The third-order valence-electron chi connectivity index (χ3n) is 5.72. The summed E-state index contributed by atoms with van der Waals surface area (Å²) < 4.78 is 13.3. The third-order valence-corrected chi connectivity index (χ3v) is 5.72. The van der Waals surface area contributed by atoms with Crippen molar-refractivity contribution in [3.8, 4) is 34.3 Å². The number of aromatic nitrogens is 2. The van der Waals surface area contributed by atoms with Gasteiger partial charge in [0.1, 0.15) is 28.7 Å². The summed E-state index contributed by atoms with van der Waals surface area (Å²) in [4.78, 5) is 4.86. The number of methoxy groups -OCH3 is 1. The van der Waals surface area contributed by atoms with Crippen LogP contribution in [0.25, 0.3) is 16.9 Å². The molecule has 0 spiro atoms. The SMILES string of the molecule is COc1ccc(-c2nc3ccc(Oc4ccccc4)cn3c2NC2CCCC2)cc1O. The van der Waals surface area contributed by atoms with Crippen LogP contribution in [0.15, 0.2) is 66.9 Å². The van der Waals surface area contributed by atoms with Crippen LogP contribution in [0.2, 0.25) is 0 Å². The summed E-state index contributed by atoms with van der Waals surface area (Å²) in [5.41, 5.74) is 2.43. The highest BCUT2D eigenvalue weighted by atomic mass is 16.5. The van der Waals surface area contributed by atoms with Gasteiger partial charge in [-0.25, -0.2) is 4.98 Å². The predicted molar refractivity (Wildman–Crippen MR) is 121 cm³/mol. The van der Waals surface area contributed by atoms with Crippen LogP contribution in [0.5, 0.6) is 23.0 Å². The van der Waals surface area contributed by atoms with E-state index >= 15 is 0 Å². The average Bonchev–Trinajstić information content (AvgIpc) is 3.43. The highest BCUT2D eigenvalue weighted by Gasteiger charge is 2.21. The number of hydrogen-bond donors (Lipinski definition) is 2. The van der Waals surface area contributed by atoms with Gasteiger partial charge in [-0.05, 0) is 55.3 Å².